The summed E-state index contributed by atoms with van der Waals surface area (Å²) >= 11 is 0. The van der Waals surface area contributed by atoms with Crippen molar-refractivity contribution >= 4 is 30.2 Å². The lowest BCUT2D eigenvalue weighted by Crippen LogP contribution is -2.59. The Labute approximate surface area is 153 Å². The van der Waals surface area contributed by atoms with E-state index < -0.39 is 54.5 Å². The van der Waals surface area contributed by atoms with Crippen molar-refractivity contribution in [2.75, 3.05) is 6.61 Å². The molecule has 0 aliphatic heterocycles. The molecule has 0 heterocycles. The zero-order chi connectivity index (χ0) is 21.2. The van der Waals surface area contributed by atoms with Crippen molar-refractivity contribution in [1.82, 2.24) is 0 Å². The van der Waals surface area contributed by atoms with E-state index in [1.54, 1.807) is 0 Å². The lowest BCUT2D eigenvalue weighted by Gasteiger charge is -2.37. The van der Waals surface area contributed by atoms with E-state index in [-0.39, 0.29) is 6.29 Å². The first-order valence-corrected chi connectivity index (χ1v) is 7.37. The van der Waals surface area contributed by atoms with Crippen LogP contribution in [-0.2, 0) is 42.9 Å². The number of hydrogen-bond acceptors (Lipinski definition) is 11. The van der Waals surface area contributed by atoms with Gasteiger partial charge in [-0.05, 0) is 10.6 Å². The van der Waals surface area contributed by atoms with Crippen molar-refractivity contribution in [1.29, 1.82) is 0 Å². The average Bonchev–Trinajstić information content (AvgIpc) is 2.54. The molecule has 0 aliphatic carbocycles. The van der Waals surface area contributed by atoms with Crippen LogP contribution < -0.4 is 0 Å². The molecule has 4 atom stereocenters. The van der Waals surface area contributed by atoms with Gasteiger partial charge in [0, 0.05) is 32.6 Å². The zero-order valence-corrected chi connectivity index (χ0v) is 15.0. The van der Waals surface area contributed by atoms with Crippen LogP contribution in [-0.4, -0.2) is 65.9 Å². The van der Waals surface area contributed by atoms with Crippen molar-refractivity contribution < 1.29 is 48.0 Å². The van der Waals surface area contributed by atoms with Gasteiger partial charge in [0.1, 0.15) is 0 Å². The number of esters is 4. The molecule has 0 saturated carbocycles. The van der Waals surface area contributed by atoms with Gasteiger partial charge in [-0.15, -0.1) is 0 Å². The van der Waals surface area contributed by atoms with Crippen LogP contribution in [0.4, 0.5) is 0 Å². The highest BCUT2D eigenvalue weighted by Crippen LogP contribution is 2.28. The van der Waals surface area contributed by atoms with Crippen molar-refractivity contribution in [2.24, 2.45) is 5.11 Å². The summed E-state index contributed by atoms with van der Waals surface area (Å²) in [7, 11) is 0. The van der Waals surface area contributed by atoms with Crippen LogP contribution in [0.25, 0.3) is 10.4 Å². The molecule has 13 heteroatoms. The normalized spacial score (nSPS) is 15.6. The Morgan fingerprint density at radius 3 is 1.89 bits per heavy atom. The molecule has 0 aliphatic rings. The summed E-state index contributed by atoms with van der Waals surface area (Å²) in [5.41, 5.74) is 5.95. The summed E-state index contributed by atoms with van der Waals surface area (Å²) in [5.74, 6) is -4.07. The molecule has 150 valence electrons. The number of azide groups is 1. The monoisotopic (exact) mass is 389 g/mol. The largest absolute Gasteiger partial charge is 0.456 e. The SMILES string of the molecule is CC(=O)O[C@H]([C@@H](CO)OC(C)=O)[C@H](OC(C)=O)[C@@](C=O)(N=[N+]=[N-])OC(C)=O. The Hall–Kier alpha value is -3.18. The fourth-order valence-corrected chi connectivity index (χ4v) is 2.06. The molecular weight excluding hydrogens is 370 g/mol. The van der Waals surface area contributed by atoms with E-state index >= 15 is 0 Å². The molecule has 1 N–H and O–H groups in total. The molecule has 0 fully saturated rings. The molecule has 0 unspecified atom stereocenters. The van der Waals surface area contributed by atoms with Crippen LogP contribution in [0.5, 0.6) is 0 Å². The lowest BCUT2D eigenvalue weighted by atomic mass is 9.98. The summed E-state index contributed by atoms with van der Waals surface area (Å²) < 4.78 is 19.3. The molecular formula is C14H19N3O10. The van der Waals surface area contributed by atoms with Crippen LogP contribution in [0.2, 0.25) is 0 Å². The first-order chi connectivity index (χ1) is 12.5. The second-order valence-corrected chi connectivity index (χ2v) is 5.09. The van der Waals surface area contributed by atoms with Gasteiger partial charge >= 0.3 is 23.9 Å². The van der Waals surface area contributed by atoms with Gasteiger partial charge in [-0.25, -0.2) is 0 Å². The topological polar surface area (TPSA) is 191 Å². The second kappa shape index (κ2) is 10.7. The van der Waals surface area contributed by atoms with Crippen molar-refractivity contribution in [2.45, 2.75) is 51.7 Å². The number of aliphatic hydroxyl groups excluding tert-OH is 1. The second-order valence-electron chi connectivity index (χ2n) is 5.09. The molecule has 27 heavy (non-hydrogen) atoms. The van der Waals surface area contributed by atoms with Gasteiger partial charge in [0.2, 0.25) is 0 Å². The number of aldehydes is 1. The van der Waals surface area contributed by atoms with Crippen LogP contribution in [0.1, 0.15) is 27.7 Å². The highest BCUT2D eigenvalue weighted by atomic mass is 16.6. The maximum Gasteiger partial charge on any atom is 0.303 e. The van der Waals surface area contributed by atoms with Crippen molar-refractivity contribution in [3.8, 4) is 0 Å². The summed E-state index contributed by atoms with van der Waals surface area (Å²) in [5, 5.41) is 12.6. The fourth-order valence-electron chi connectivity index (χ4n) is 2.06. The van der Waals surface area contributed by atoms with Gasteiger partial charge < -0.3 is 24.1 Å². The molecule has 0 amide bonds. The molecule has 0 aromatic rings. The average molecular weight is 389 g/mol. The minimum absolute atomic E-state index is 0.152. The Balaban J connectivity index is 6.52. The smallest absolute Gasteiger partial charge is 0.303 e. The molecule has 13 nitrogen and oxygen atoms in total. The number of hydrogen-bond donors (Lipinski definition) is 1. The number of aliphatic hydroxyl groups is 1. The lowest BCUT2D eigenvalue weighted by molar-refractivity contribution is -0.214. The molecule has 0 bridgehead atoms. The van der Waals surface area contributed by atoms with E-state index in [9.17, 15) is 29.1 Å². The maximum absolute atomic E-state index is 11.7. The third-order valence-corrected chi connectivity index (χ3v) is 2.84. The predicted molar refractivity (Wildman–Crippen MR) is 83.5 cm³/mol. The van der Waals surface area contributed by atoms with Gasteiger partial charge in [-0.3, -0.25) is 24.0 Å². The Morgan fingerprint density at radius 1 is 1.04 bits per heavy atom. The summed E-state index contributed by atoms with van der Waals surface area (Å²) in [4.78, 5) is 59.7. The van der Waals surface area contributed by atoms with Crippen LogP contribution >= 0.6 is 0 Å². The van der Waals surface area contributed by atoms with Gasteiger partial charge in [0.15, 0.2) is 24.6 Å². The highest BCUT2D eigenvalue weighted by molar-refractivity contribution is 5.75. The highest BCUT2D eigenvalue weighted by Gasteiger charge is 2.53. The van der Waals surface area contributed by atoms with Crippen LogP contribution in [0, 0.1) is 0 Å². The van der Waals surface area contributed by atoms with E-state index in [1.165, 1.54) is 0 Å². The quantitative estimate of drug-likeness (QED) is 0.128. The number of rotatable bonds is 10. The number of ether oxygens (including phenoxy) is 4. The maximum atomic E-state index is 11.7. The van der Waals surface area contributed by atoms with Gasteiger partial charge in [0.25, 0.3) is 5.72 Å². The van der Waals surface area contributed by atoms with E-state index in [0.717, 1.165) is 27.7 Å². The predicted octanol–water partition coefficient (Wildman–Crippen LogP) is -0.458. The van der Waals surface area contributed by atoms with E-state index in [0.29, 0.717) is 0 Å². The third kappa shape index (κ3) is 7.30. The summed E-state index contributed by atoms with van der Waals surface area (Å²) in [6.45, 7) is 2.73. The van der Waals surface area contributed by atoms with E-state index in [2.05, 4.69) is 10.0 Å². The number of carbonyl (C=O) groups excluding carboxylic acids is 5. The van der Waals surface area contributed by atoms with E-state index in [1.807, 2.05) is 0 Å². The molecule has 0 aromatic carbocycles. The molecule has 0 rings (SSSR count). The van der Waals surface area contributed by atoms with Gasteiger partial charge in [0.05, 0.1) is 6.61 Å². The standard InChI is InChI=1S/C14H19N3O10/c1-7(20)24-11(5-18)12(25-8(2)21)13(26-9(3)22)14(6-19,16-17-15)27-10(4)23/h6,11-13,18H,5H2,1-4H3/t11-,12-,13+,14+/m1/s1. The minimum atomic E-state index is -2.81. The molecule has 0 saturated heterocycles. The van der Waals surface area contributed by atoms with Crippen LogP contribution in [0.15, 0.2) is 5.11 Å². The molecule has 0 aromatic heterocycles. The first-order valence-electron chi connectivity index (χ1n) is 7.37. The van der Waals surface area contributed by atoms with Crippen molar-refractivity contribution in [3.63, 3.8) is 0 Å². The summed E-state index contributed by atoms with van der Waals surface area (Å²) in [6, 6.07) is 0. The van der Waals surface area contributed by atoms with E-state index in [4.69, 9.17) is 24.5 Å². The Morgan fingerprint density at radius 2 is 1.56 bits per heavy atom. The fraction of sp³-hybridized carbons (Fsp3) is 0.643. The Kier molecular flexibility index (Phi) is 9.47. The molecule has 0 spiro atoms. The number of carbonyl (C=O) groups is 5. The van der Waals surface area contributed by atoms with Gasteiger partial charge in [-0.1, -0.05) is 0 Å². The molecule has 0 radical (unpaired) electrons. The third-order valence-electron chi connectivity index (χ3n) is 2.84. The first kappa shape index (κ1) is 23.8. The minimum Gasteiger partial charge on any atom is -0.456 e. The number of nitrogens with zero attached hydrogens (tertiary/aromatic N) is 3. The van der Waals surface area contributed by atoms with Gasteiger partial charge in [-0.2, -0.15) is 0 Å². The van der Waals surface area contributed by atoms with Crippen LogP contribution in [0.3, 0.4) is 0 Å². The zero-order valence-electron chi connectivity index (χ0n) is 15.0. The van der Waals surface area contributed by atoms with Crippen molar-refractivity contribution in [3.05, 3.63) is 10.4 Å². The Bertz CT molecular complexity index is 645. The summed E-state index contributed by atoms with van der Waals surface area (Å²) in [6.07, 6.45) is -5.75.